The molecule has 0 bridgehead atoms. The molecule has 2 aromatic rings. The van der Waals surface area contributed by atoms with Crippen LogP contribution in [0, 0.1) is 0 Å². The van der Waals surface area contributed by atoms with Crippen molar-refractivity contribution < 1.29 is 9.59 Å². The molecule has 2 aromatic carbocycles. The molecule has 2 heterocycles. The van der Waals surface area contributed by atoms with E-state index in [1.165, 1.54) is 4.90 Å². The molecular weight excluding hydrogens is 371 g/mol. The van der Waals surface area contributed by atoms with Gasteiger partial charge in [0.15, 0.2) is 0 Å². The Morgan fingerprint density at radius 1 is 1.00 bits per heavy atom. The van der Waals surface area contributed by atoms with Gasteiger partial charge < -0.3 is 5.32 Å². The standard InChI is InChI=1S/C20H19ClN2O2.ClH/c21-18-6-5-13(11-17(18)14-7-9-22-10-8-14)12-23-19(24)15-3-1-2-4-16(15)20(23)25;/h1-6,11,14,22H,7-10,12H2;1H. The Morgan fingerprint density at radius 3 is 2.23 bits per heavy atom. The molecule has 0 radical (unpaired) electrons. The number of imide groups is 1. The summed E-state index contributed by atoms with van der Waals surface area (Å²) < 4.78 is 0. The Bertz CT molecular complexity index is 812. The molecule has 1 N–H and O–H groups in total. The van der Waals surface area contributed by atoms with E-state index in [1.807, 2.05) is 12.1 Å². The lowest BCUT2D eigenvalue weighted by Gasteiger charge is -2.24. The van der Waals surface area contributed by atoms with Crippen LogP contribution in [0.15, 0.2) is 42.5 Å². The molecule has 2 amide bonds. The van der Waals surface area contributed by atoms with Crippen molar-refractivity contribution in [1.82, 2.24) is 10.2 Å². The maximum atomic E-state index is 12.5. The molecule has 2 aliphatic heterocycles. The Labute approximate surface area is 163 Å². The second-order valence-electron chi connectivity index (χ2n) is 6.62. The second-order valence-corrected chi connectivity index (χ2v) is 7.03. The van der Waals surface area contributed by atoms with Crippen LogP contribution in [-0.4, -0.2) is 29.8 Å². The summed E-state index contributed by atoms with van der Waals surface area (Å²) in [6.07, 6.45) is 2.10. The van der Waals surface area contributed by atoms with E-state index in [9.17, 15) is 9.59 Å². The molecular formula is C20H20Cl2N2O2. The third kappa shape index (κ3) is 3.37. The van der Waals surface area contributed by atoms with Gasteiger partial charge in [0.25, 0.3) is 11.8 Å². The molecule has 2 aliphatic rings. The van der Waals surface area contributed by atoms with Gasteiger partial charge in [-0.3, -0.25) is 14.5 Å². The van der Waals surface area contributed by atoms with Crippen molar-refractivity contribution in [3.63, 3.8) is 0 Å². The number of nitrogens with one attached hydrogen (secondary N) is 1. The van der Waals surface area contributed by atoms with E-state index >= 15 is 0 Å². The van der Waals surface area contributed by atoms with Gasteiger partial charge in [-0.1, -0.05) is 35.9 Å². The fourth-order valence-electron chi connectivity index (χ4n) is 3.70. The molecule has 4 nitrogen and oxygen atoms in total. The molecule has 0 aliphatic carbocycles. The van der Waals surface area contributed by atoms with Crippen LogP contribution in [0.4, 0.5) is 0 Å². The molecule has 4 rings (SSSR count). The molecule has 0 spiro atoms. The zero-order valence-electron chi connectivity index (χ0n) is 14.2. The first-order valence-corrected chi connectivity index (χ1v) is 8.97. The van der Waals surface area contributed by atoms with Crippen LogP contribution in [0.2, 0.25) is 5.02 Å². The smallest absolute Gasteiger partial charge is 0.261 e. The summed E-state index contributed by atoms with van der Waals surface area (Å²) in [5.74, 6) is -0.0196. The topological polar surface area (TPSA) is 49.4 Å². The van der Waals surface area contributed by atoms with E-state index < -0.39 is 0 Å². The van der Waals surface area contributed by atoms with Crippen molar-refractivity contribution in [2.45, 2.75) is 25.3 Å². The number of hydrogen-bond donors (Lipinski definition) is 1. The summed E-state index contributed by atoms with van der Waals surface area (Å²) >= 11 is 6.41. The molecule has 0 aromatic heterocycles. The highest BCUT2D eigenvalue weighted by atomic mass is 35.5. The number of carbonyl (C=O) groups is 2. The minimum atomic E-state index is -0.223. The van der Waals surface area contributed by atoms with E-state index in [2.05, 4.69) is 11.4 Å². The largest absolute Gasteiger partial charge is 0.317 e. The Morgan fingerprint density at radius 2 is 1.62 bits per heavy atom. The van der Waals surface area contributed by atoms with E-state index in [0.29, 0.717) is 17.0 Å². The predicted molar refractivity (Wildman–Crippen MR) is 104 cm³/mol. The van der Waals surface area contributed by atoms with Gasteiger partial charge in [-0.05, 0) is 61.2 Å². The summed E-state index contributed by atoms with van der Waals surface area (Å²) in [4.78, 5) is 26.4. The predicted octanol–water partition coefficient (Wildman–Crippen LogP) is 4.03. The van der Waals surface area contributed by atoms with Gasteiger partial charge in [0.05, 0.1) is 17.7 Å². The second kappa shape index (κ2) is 7.78. The van der Waals surface area contributed by atoms with Crippen molar-refractivity contribution in [2.24, 2.45) is 0 Å². The van der Waals surface area contributed by atoms with E-state index in [0.717, 1.165) is 42.1 Å². The summed E-state index contributed by atoms with van der Waals surface area (Å²) in [6, 6.07) is 12.8. The molecule has 1 fully saturated rings. The number of halogens is 2. The molecule has 0 saturated carbocycles. The van der Waals surface area contributed by atoms with Gasteiger partial charge in [-0.25, -0.2) is 0 Å². The van der Waals surface area contributed by atoms with Gasteiger partial charge in [0.2, 0.25) is 0 Å². The molecule has 26 heavy (non-hydrogen) atoms. The number of piperidine rings is 1. The van der Waals surface area contributed by atoms with Crippen LogP contribution < -0.4 is 5.32 Å². The summed E-state index contributed by atoms with van der Waals surface area (Å²) in [6.45, 7) is 2.26. The third-order valence-corrected chi connectivity index (χ3v) is 5.40. The van der Waals surface area contributed by atoms with Crippen LogP contribution in [0.3, 0.4) is 0 Å². The van der Waals surface area contributed by atoms with Crippen molar-refractivity contribution >= 4 is 35.8 Å². The number of nitrogens with zero attached hydrogens (tertiary/aromatic N) is 1. The Hall–Kier alpha value is -1.88. The van der Waals surface area contributed by atoms with Gasteiger partial charge >= 0.3 is 0 Å². The van der Waals surface area contributed by atoms with Gasteiger partial charge in [-0.2, -0.15) is 0 Å². The third-order valence-electron chi connectivity index (χ3n) is 5.06. The highest BCUT2D eigenvalue weighted by molar-refractivity contribution is 6.31. The van der Waals surface area contributed by atoms with Gasteiger partial charge in [0, 0.05) is 5.02 Å². The highest BCUT2D eigenvalue weighted by Crippen LogP contribution is 2.32. The highest BCUT2D eigenvalue weighted by Gasteiger charge is 2.35. The SMILES string of the molecule is Cl.O=C1c2ccccc2C(=O)N1Cc1ccc(Cl)c(C2CCNCC2)c1. The van der Waals surface area contributed by atoms with Gasteiger partial charge in [0.1, 0.15) is 0 Å². The summed E-state index contributed by atoms with van der Waals surface area (Å²) in [7, 11) is 0. The van der Waals surface area contributed by atoms with Crippen LogP contribution in [0.25, 0.3) is 0 Å². The van der Waals surface area contributed by atoms with Gasteiger partial charge in [-0.15, -0.1) is 12.4 Å². The molecule has 136 valence electrons. The molecule has 6 heteroatoms. The van der Waals surface area contributed by atoms with Crippen LogP contribution in [0.5, 0.6) is 0 Å². The van der Waals surface area contributed by atoms with E-state index in [4.69, 9.17) is 11.6 Å². The van der Waals surface area contributed by atoms with E-state index in [1.54, 1.807) is 24.3 Å². The van der Waals surface area contributed by atoms with Crippen LogP contribution in [0.1, 0.15) is 50.6 Å². The Balaban J connectivity index is 0.00000196. The number of carbonyl (C=O) groups excluding carboxylic acids is 2. The van der Waals surface area contributed by atoms with Crippen LogP contribution in [-0.2, 0) is 6.54 Å². The summed E-state index contributed by atoms with van der Waals surface area (Å²) in [5, 5.41) is 4.12. The lowest BCUT2D eigenvalue weighted by atomic mass is 9.89. The van der Waals surface area contributed by atoms with Crippen molar-refractivity contribution in [3.05, 3.63) is 69.7 Å². The number of benzene rings is 2. The lowest BCUT2D eigenvalue weighted by Crippen LogP contribution is -2.29. The fraction of sp³-hybridized carbons (Fsp3) is 0.300. The minimum Gasteiger partial charge on any atom is -0.317 e. The quantitative estimate of drug-likeness (QED) is 0.804. The number of hydrogen-bond acceptors (Lipinski definition) is 3. The average Bonchev–Trinajstić information content (AvgIpc) is 2.89. The fourth-order valence-corrected chi connectivity index (χ4v) is 3.97. The molecule has 1 saturated heterocycles. The summed E-state index contributed by atoms with van der Waals surface area (Å²) in [5.41, 5.74) is 3.03. The first kappa shape index (κ1) is 18.9. The average molecular weight is 391 g/mol. The van der Waals surface area contributed by atoms with E-state index in [-0.39, 0.29) is 30.8 Å². The Kier molecular flexibility index (Phi) is 5.66. The van der Waals surface area contributed by atoms with Crippen molar-refractivity contribution in [3.8, 4) is 0 Å². The monoisotopic (exact) mass is 390 g/mol. The lowest BCUT2D eigenvalue weighted by molar-refractivity contribution is 0.0642. The molecule has 0 atom stereocenters. The maximum Gasteiger partial charge on any atom is 0.261 e. The number of fused-ring (bicyclic) bond motifs is 1. The number of amides is 2. The first-order chi connectivity index (χ1) is 12.1. The normalized spacial score (nSPS) is 17.2. The van der Waals surface area contributed by atoms with Crippen LogP contribution >= 0.6 is 24.0 Å². The van der Waals surface area contributed by atoms with Crippen molar-refractivity contribution in [2.75, 3.05) is 13.1 Å². The zero-order valence-corrected chi connectivity index (χ0v) is 15.8. The minimum absolute atomic E-state index is 0. The zero-order chi connectivity index (χ0) is 17.4. The maximum absolute atomic E-state index is 12.5. The van der Waals surface area contributed by atoms with Crippen molar-refractivity contribution in [1.29, 1.82) is 0 Å². The number of rotatable bonds is 3. The first-order valence-electron chi connectivity index (χ1n) is 8.59. The molecule has 0 unspecified atom stereocenters.